The lowest BCUT2D eigenvalue weighted by Gasteiger charge is -2.23. The zero-order valence-electron chi connectivity index (χ0n) is 19.5. The number of nitrogens with zero attached hydrogens (tertiary/aromatic N) is 3. The van der Waals surface area contributed by atoms with Crippen molar-refractivity contribution < 1.29 is 9.13 Å². The smallest absolute Gasteiger partial charge is 0.141 e. The van der Waals surface area contributed by atoms with E-state index in [9.17, 15) is 9.65 Å². The first-order valence-electron chi connectivity index (χ1n) is 11.7. The third-order valence-corrected chi connectivity index (χ3v) is 6.63. The van der Waals surface area contributed by atoms with Gasteiger partial charge in [-0.2, -0.15) is 5.26 Å². The van der Waals surface area contributed by atoms with Crippen molar-refractivity contribution in [3.63, 3.8) is 0 Å². The van der Waals surface area contributed by atoms with Gasteiger partial charge in [-0.3, -0.25) is 4.98 Å². The number of hydrogen-bond donors (Lipinski definition) is 2. The van der Waals surface area contributed by atoms with Gasteiger partial charge in [-0.05, 0) is 55.2 Å². The Hall–Kier alpha value is -4.02. The lowest BCUT2D eigenvalue weighted by Crippen LogP contribution is -2.24. The summed E-state index contributed by atoms with van der Waals surface area (Å²) in [4.78, 5) is 4.84. The average molecular weight is 468 g/mol. The molecule has 1 fully saturated rings. The molecule has 0 amide bonds. The highest BCUT2D eigenvalue weighted by atomic mass is 19.1. The number of nitriles is 1. The molecule has 2 aromatic heterocycles. The van der Waals surface area contributed by atoms with Crippen molar-refractivity contribution >= 4 is 22.8 Å². The third-order valence-electron chi connectivity index (χ3n) is 6.63. The number of nitrogens with one attached hydrogen (secondary N) is 2. The Bertz CT molecular complexity index is 1450. The fourth-order valence-electron chi connectivity index (χ4n) is 4.82. The molecule has 0 saturated carbocycles. The highest BCUT2D eigenvalue weighted by Crippen LogP contribution is 2.38. The number of rotatable bonds is 6. The quantitative estimate of drug-likeness (QED) is 0.341. The van der Waals surface area contributed by atoms with Crippen molar-refractivity contribution in [2.75, 3.05) is 19.0 Å². The van der Waals surface area contributed by atoms with E-state index >= 15 is 0 Å². The fourth-order valence-corrected chi connectivity index (χ4v) is 4.82. The predicted molar refractivity (Wildman–Crippen MR) is 136 cm³/mol. The van der Waals surface area contributed by atoms with Crippen molar-refractivity contribution in [1.29, 1.82) is 10.7 Å². The maximum Gasteiger partial charge on any atom is 0.141 e. The SMILES string of the molecule is CNc1ccc(-c2ncc3c(ccn3CC3CCCCO3)c2-c2ccc(C#N)c(F)c2)cc1C=N. The van der Waals surface area contributed by atoms with Gasteiger partial charge < -0.3 is 20.0 Å². The van der Waals surface area contributed by atoms with Gasteiger partial charge in [0.05, 0.1) is 29.1 Å². The van der Waals surface area contributed by atoms with Gasteiger partial charge in [-0.25, -0.2) is 4.39 Å². The predicted octanol–water partition coefficient (Wildman–Crippen LogP) is 5.99. The molecule has 4 aromatic rings. The summed E-state index contributed by atoms with van der Waals surface area (Å²) in [6.45, 7) is 1.53. The van der Waals surface area contributed by atoms with Crippen LogP contribution in [0.4, 0.5) is 10.1 Å². The average Bonchev–Trinajstić information content (AvgIpc) is 3.30. The molecule has 3 heterocycles. The van der Waals surface area contributed by atoms with Crippen molar-refractivity contribution in [3.05, 3.63) is 71.8 Å². The zero-order valence-corrected chi connectivity index (χ0v) is 19.5. The lowest BCUT2D eigenvalue weighted by atomic mass is 9.94. The minimum Gasteiger partial charge on any atom is -0.388 e. The van der Waals surface area contributed by atoms with Crippen molar-refractivity contribution in [3.8, 4) is 28.5 Å². The minimum atomic E-state index is -0.561. The standard InChI is InChI=1S/C28H26FN5O/c1-32-25-8-7-19(12-21(25)15-31)28-27(18-5-6-20(14-30)24(29)13-18)23-9-10-34(26(23)16-33-28)17-22-4-2-3-11-35-22/h5-10,12-13,15-16,22,31-32H,2-4,11,17H2,1H3. The van der Waals surface area contributed by atoms with E-state index in [0.717, 1.165) is 59.3 Å². The molecule has 0 spiro atoms. The zero-order chi connectivity index (χ0) is 24.4. The maximum atomic E-state index is 14.7. The van der Waals surface area contributed by atoms with Crippen LogP contribution in [0.1, 0.15) is 30.4 Å². The van der Waals surface area contributed by atoms with Gasteiger partial charge in [0.2, 0.25) is 0 Å². The minimum absolute atomic E-state index is 0.00640. The van der Waals surface area contributed by atoms with E-state index in [2.05, 4.69) is 9.88 Å². The van der Waals surface area contributed by atoms with Crippen LogP contribution in [0.25, 0.3) is 33.3 Å². The van der Waals surface area contributed by atoms with Gasteiger partial charge in [0.1, 0.15) is 11.9 Å². The summed E-state index contributed by atoms with van der Waals surface area (Å²) in [7, 11) is 1.82. The van der Waals surface area contributed by atoms with E-state index in [1.165, 1.54) is 24.8 Å². The highest BCUT2D eigenvalue weighted by Gasteiger charge is 2.20. The summed E-state index contributed by atoms with van der Waals surface area (Å²) >= 11 is 0. The molecule has 1 aliphatic heterocycles. The summed E-state index contributed by atoms with van der Waals surface area (Å²) in [6.07, 6.45) is 8.65. The Morgan fingerprint density at radius 2 is 2.09 bits per heavy atom. The van der Waals surface area contributed by atoms with E-state index < -0.39 is 5.82 Å². The number of benzene rings is 2. The molecular weight excluding hydrogens is 441 g/mol. The molecule has 7 heteroatoms. The molecule has 176 valence electrons. The molecular formula is C28H26FN5O. The molecule has 1 unspecified atom stereocenters. The highest BCUT2D eigenvalue weighted by molar-refractivity contribution is 6.02. The Labute approximate surface area is 203 Å². The normalized spacial score (nSPS) is 15.6. The van der Waals surface area contributed by atoms with Crippen molar-refractivity contribution in [2.45, 2.75) is 31.9 Å². The molecule has 0 aliphatic carbocycles. The summed E-state index contributed by atoms with van der Waals surface area (Å²) in [5, 5.41) is 21.1. The Balaban J connectivity index is 1.70. The molecule has 0 bridgehead atoms. The molecule has 2 N–H and O–H groups in total. The second-order valence-corrected chi connectivity index (χ2v) is 8.74. The van der Waals surface area contributed by atoms with Gasteiger partial charge in [0, 0.05) is 60.4 Å². The first-order chi connectivity index (χ1) is 17.1. The van der Waals surface area contributed by atoms with Crippen molar-refractivity contribution in [2.24, 2.45) is 0 Å². The maximum absolute atomic E-state index is 14.7. The molecule has 5 rings (SSSR count). The van der Waals surface area contributed by atoms with Gasteiger partial charge >= 0.3 is 0 Å². The first kappa shape index (κ1) is 22.8. The van der Waals surface area contributed by atoms with E-state index in [1.807, 2.05) is 49.8 Å². The Morgan fingerprint density at radius 3 is 2.80 bits per heavy atom. The van der Waals surface area contributed by atoms with E-state index in [4.69, 9.17) is 15.1 Å². The van der Waals surface area contributed by atoms with Gasteiger partial charge in [-0.15, -0.1) is 0 Å². The molecule has 6 nitrogen and oxygen atoms in total. The van der Waals surface area contributed by atoms with E-state index in [1.54, 1.807) is 6.07 Å². The number of pyridine rings is 1. The number of aromatic nitrogens is 2. The number of ether oxygens (including phenoxy) is 1. The number of anilines is 1. The van der Waals surface area contributed by atoms with Crippen LogP contribution < -0.4 is 5.32 Å². The summed E-state index contributed by atoms with van der Waals surface area (Å²) in [5.41, 5.74) is 5.49. The number of halogens is 1. The summed E-state index contributed by atoms with van der Waals surface area (Å²) in [6, 6.07) is 14.4. The van der Waals surface area contributed by atoms with Gasteiger partial charge in [0.15, 0.2) is 0 Å². The van der Waals surface area contributed by atoms with Gasteiger partial charge in [0.25, 0.3) is 0 Å². The first-order valence-corrected chi connectivity index (χ1v) is 11.7. The second-order valence-electron chi connectivity index (χ2n) is 8.74. The van der Waals surface area contributed by atoms with Crippen LogP contribution >= 0.6 is 0 Å². The van der Waals surface area contributed by atoms with Crippen LogP contribution in [0.5, 0.6) is 0 Å². The van der Waals surface area contributed by atoms with Crippen LogP contribution in [0.2, 0.25) is 0 Å². The van der Waals surface area contributed by atoms with Crippen LogP contribution in [-0.4, -0.2) is 35.5 Å². The van der Waals surface area contributed by atoms with Crippen molar-refractivity contribution in [1.82, 2.24) is 9.55 Å². The number of hydrogen-bond acceptors (Lipinski definition) is 5. The van der Waals surface area contributed by atoms with Crippen LogP contribution in [0, 0.1) is 22.6 Å². The molecule has 35 heavy (non-hydrogen) atoms. The van der Waals surface area contributed by atoms with Crippen LogP contribution in [0.15, 0.2) is 54.9 Å². The molecule has 2 aromatic carbocycles. The Morgan fingerprint density at radius 1 is 1.23 bits per heavy atom. The fraction of sp³-hybridized carbons (Fsp3) is 0.250. The topological polar surface area (TPSA) is 86.7 Å². The van der Waals surface area contributed by atoms with Gasteiger partial charge in [-0.1, -0.05) is 12.1 Å². The van der Waals surface area contributed by atoms with E-state index in [0.29, 0.717) is 11.3 Å². The van der Waals surface area contributed by atoms with E-state index in [-0.39, 0.29) is 11.7 Å². The molecule has 1 aliphatic rings. The molecule has 1 atom stereocenters. The summed E-state index contributed by atoms with van der Waals surface area (Å²) in [5.74, 6) is -0.561. The third kappa shape index (κ3) is 4.29. The van der Waals surface area contributed by atoms with Crippen LogP contribution in [0.3, 0.4) is 0 Å². The largest absolute Gasteiger partial charge is 0.388 e. The summed E-state index contributed by atoms with van der Waals surface area (Å²) < 4.78 is 22.8. The monoisotopic (exact) mass is 467 g/mol. The molecule has 1 saturated heterocycles. The second kappa shape index (κ2) is 9.69. The number of fused-ring (bicyclic) bond motifs is 1. The van der Waals surface area contributed by atoms with Crippen LogP contribution in [-0.2, 0) is 11.3 Å². The lowest BCUT2D eigenvalue weighted by molar-refractivity contribution is 0.00669. The molecule has 0 radical (unpaired) electrons. The Kier molecular flexibility index (Phi) is 6.30.